The zero-order valence-electron chi connectivity index (χ0n) is 15.2. The summed E-state index contributed by atoms with van der Waals surface area (Å²) < 4.78 is 18.3. The van der Waals surface area contributed by atoms with Gasteiger partial charge in [0.15, 0.2) is 11.5 Å². The maximum atomic E-state index is 6.14. The van der Waals surface area contributed by atoms with Gasteiger partial charge >= 0.3 is 0 Å². The highest BCUT2D eigenvalue weighted by molar-refractivity contribution is 5.95. The molecule has 0 aliphatic heterocycles. The molecule has 3 heteroatoms. The Morgan fingerprint density at radius 2 is 1.24 bits per heavy atom. The minimum atomic E-state index is 0.0402. The normalized spacial score (nSPS) is 11.1. The SMILES string of the molecule is CC(C)Oc1cc(Oc2ccccc2)c(OC(C)C)c2ccccc12. The first-order valence-electron chi connectivity index (χ1n) is 8.66. The summed E-state index contributed by atoms with van der Waals surface area (Å²) >= 11 is 0. The van der Waals surface area contributed by atoms with E-state index < -0.39 is 0 Å². The zero-order chi connectivity index (χ0) is 17.8. The van der Waals surface area contributed by atoms with E-state index in [1.165, 1.54) is 0 Å². The van der Waals surface area contributed by atoms with Crippen molar-refractivity contribution in [3.8, 4) is 23.0 Å². The zero-order valence-corrected chi connectivity index (χ0v) is 15.2. The lowest BCUT2D eigenvalue weighted by atomic mass is 10.1. The minimum absolute atomic E-state index is 0.0402. The van der Waals surface area contributed by atoms with E-state index in [0.29, 0.717) is 5.75 Å². The number of hydrogen-bond acceptors (Lipinski definition) is 3. The molecule has 0 spiro atoms. The molecule has 0 bridgehead atoms. The quantitative estimate of drug-likeness (QED) is 0.536. The van der Waals surface area contributed by atoms with Crippen molar-refractivity contribution < 1.29 is 14.2 Å². The molecule has 3 aromatic carbocycles. The molecule has 0 amide bonds. The summed E-state index contributed by atoms with van der Waals surface area (Å²) in [7, 11) is 0. The molecule has 0 unspecified atom stereocenters. The van der Waals surface area contributed by atoms with Gasteiger partial charge in [-0.15, -0.1) is 0 Å². The van der Waals surface area contributed by atoms with Gasteiger partial charge in [0, 0.05) is 16.8 Å². The van der Waals surface area contributed by atoms with Crippen LogP contribution < -0.4 is 14.2 Å². The fraction of sp³-hybridized carbons (Fsp3) is 0.273. The Hall–Kier alpha value is -2.68. The Kier molecular flexibility index (Phi) is 5.13. The molecule has 0 atom stereocenters. The third kappa shape index (κ3) is 4.05. The van der Waals surface area contributed by atoms with Crippen LogP contribution in [0.2, 0.25) is 0 Å². The molecule has 3 rings (SSSR count). The highest BCUT2D eigenvalue weighted by atomic mass is 16.5. The monoisotopic (exact) mass is 336 g/mol. The summed E-state index contributed by atoms with van der Waals surface area (Å²) in [5, 5.41) is 2.01. The summed E-state index contributed by atoms with van der Waals surface area (Å²) in [6.45, 7) is 8.06. The van der Waals surface area contributed by atoms with Gasteiger partial charge in [-0.05, 0) is 39.8 Å². The Balaban J connectivity index is 2.17. The second kappa shape index (κ2) is 7.47. The van der Waals surface area contributed by atoms with Crippen molar-refractivity contribution in [1.82, 2.24) is 0 Å². The molecule has 0 aromatic heterocycles. The molecule has 130 valence electrons. The van der Waals surface area contributed by atoms with Crippen LogP contribution in [0.1, 0.15) is 27.7 Å². The molecule has 0 fully saturated rings. The molecule has 3 nitrogen and oxygen atoms in total. The number of hydrogen-bond donors (Lipinski definition) is 0. The van der Waals surface area contributed by atoms with Crippen molar-refractivity contribution in [3.05, 3.63) is 60.7 Å². The van der Waals surface area contributed by atoms with Gasteiger partial charge in [-0.3, -0.25) is 0 Å². The lowest BCUT2D eigenvalue weighted by Gasteiger charge is -2.20. The van der Waals surface area contributed by atoms with E-state index in [1.807, 2.05) is 88.4 Å². The fourth-order valence-electron chi connectivity index (χ4n) is 2.69. The first kappa shape index (κ1) is 17.2. The van der Waals surface area contributed by atoms with E-state index >= 15 is 0 Å². The Labute approximate surface area is 149 Å². The van der Waals surface area contributed by atoms with E-state index in [2.05, 4.69) is 0 Å². The van der Waals surface area contributed by atoms with E-state index in [-0.39, 0.29) is 12.2 Å². The van der Waals surface area contributed by atoms with Crippen molar-refractivity contribution in [2.45, 2.75) is 39.9 Å². The second-order valence-electron chi connectivity index (χ2n) is 6.50. The van der Waals surface area contributed by atoms with Crippen LogP contribution in [0.3, 0.4) is 0 Å². The molecular formula is C22H24O3. The maximum Gasteiger partial charge on any atom is 0.173 e. The average molecular weight is 336 g/mol. The van der Waals surface area contributed by atoms with Gasteiger partial charge < -0.3 is 14.2 Å². The fourth-order valence-corrected chi connectivity index (χ4v) is 2.69. The van der Waals surface area contributed by atoms with Gasteiger partial charge in [-0.1, -0.05) is 42.5 Å². The van der Waals surface area contributed by atoms with Crippen molar-refractivity contribution in [1.29, 1.82) is 0 Å². The van der Waals surface area contributed by atoms with Gasteiger partial charge in [0.25, 0.3) is 0 Å². The molecule has 0 aliphatic carbocycles. The topological polar surface area (TPSA) is 27.7 Å². The van der Waals surface area contributed by atoms with Crippen LogP contribution in [-0.2, 0) is 0 Å². The van der Waals surface area contributed by atoms with E-state index in [1.54, 1.807) is 0 Å². The molecule has 0 saturated carbocycles. The first-order valence-corrected chi connectivity index (χ1v) is 8.66. The molecular weight excluding hydrogens is 312 g/mol. The third-order valence-electron chi connectivity index (χ3n) is 3.61. The number of para-hydroxylation sites is 1. The summed E-state index contributed by atoms with van der Waals surface area (Å²) in [5.74, 6) is 2.97. The largest absolute Gasteiger partial charge is 0.490 e. The average Bonchev–Trinajstić information content (AvgIpc) is 2.58. The van der Waals surface area contributed by atoms with Gasteiger partial charge in [0.05, 0.1) is 12.2 Å². The molecule has 25 heavy (non-hydrogen) atoms. The summed E-state index contributed by atoms with van der Waals surface area (Å²) in [4.78, 5) is 0. The predicted molar refractivity (Wildman–Crippen MR) is 102 cm³/mol. The Morgan fingerprint density at radius 1 is 0.640 bits per heavy atom. The maximum absolute atomic E-state index is 6.14. The predicted octanol–water partition coefficient (Wildman–Crippen LogP) is 6.21. The highest BCUT2D eigenvalue weighted by Crippen LogP contribution is 2.44. The lowest BCUT2D eigenvalue weighted by molar-refractivity contribution is 0.231. The van der Waals surface area contributed by atoms with Gasteiger partial charge in [0.2, 0.25) is 0 Å². The molecule has 0 radical (unpaired) electrons. The van der Waals surface area contributed by atoms with E-state index in [0.717, 1.165) is 28.0 Å². The van der Waals surface area contributed by atoms with Gasteiger partial charge in [-0.25, -0.2) is 0 Å². The summed E-state index contributed by atoms with van der Waals surface area (Å²) in [5.41, 5.74) is 0. The van der Waals surface area contributed by atoms with Crippen LogP contribution in [0.4, 0.5) is 0 Å². The second-order valence-corrected chi connectivity index (χ2v) is 6.50. The standard InChI is InChI=1S/C22H24O3/c1-15(2)23-20-14-21(25-17-10-6-5-7-11-17)22(24-16(3)4)19-13-9-8-12-18(19)20/h5-16H,1-4H3. The van der Waals surface area contributed by atoms with E-state index in [4.69, 9.17) is 14.2 Å². The number of ether oxygens (including phenoxy) is 3. The van der Waals surface area contributed by atoms with Crippen molar-refractivity contribution in [3.63, 3.8) is 0 Å². The van der Waals surface area contributed by atoms with Gasteiger partial charge in [-0.2, -0.15) is 0 Å². The molecule has 0 saturated heterocycles. The highest BCUT2D eigenvalue weighted by Gasteiger charge is 2.18. The molecule has 0 heterocycles. The van der Waals surface area contributed by atoms with Gasteiger partial charge in [0.1, 0.15) is 11.5 Å². The van der Waals surface area contributed by atoms with Crippen molar-refractivity contribution >= 4 is 10.8 Å². The van der Waals surface area contributed by atoms with Crippen LogP contribution in [0.5, 0.6) is 23.0 Å². The van der Waals surface area contributed by atoms with Crippen molar-refractivity contribution in [2.75, 3.05) is 0 Å². The number of benzene rings is 3. The van der Waals surface area contributed by atoms with Crippen LogP contribution in [0.15, 0.2) is 60.7 Å². The summed E-state index contributed by atoms with van der Waals surface area (Å²) in [6, 6.07) is 19.7. The van der Waals surface area contributed by atoms with Crippen LogP contribution in [0, 0.1) is 0 Å². The Bertz CT molecular complexity index is 839. The molecule has 3 aromatic rings. The Morgan fingerprint density at radius 3 is 1.88 bits per heavy atom. The number of rotatable bonds is 6. The smallest absolute Gasteiger partial charge is 0.173 e. The summed E-state index contributed by atoms with van der Waals surface area (Å²) in [6.07, 6.45) is 0.114. The number of fused-ring (bicyclic) bond motifs is 1. The third-order valence-corrected chi connectivity index (χ3v) is 3.61. The molecule has 0 aliphatic rings. The van der Waals surface area contributed by atoms with Crippen LogP contribution >= 0.6 is 0 Å². The minimum Gasteiger partial charge on any atom is -0.490 e. The van der Waals surface area contributed by atoms with Crippen LogP contribution in [-0.4, -0.2) is 12.2 Å². The van der Waals surface area contributed by atoms with Crippen molar-refractivity contribution in [2.24, 2.45) is 0 Å². The molecule has 0 N–H and O–H groups in total. The first-order chi connectivity index (χ1) is 12.0. The lowest BCUT2D eigenvalue weighted by Crippen LogP contribution is -2.09. The van der Waals surface area contributed by atoms with Crippen LogP contribution in [0.25, 0.3) is 10.8 Å². The van der Waals surface area contributed by atoms with E-state index in [9.17, 15) is 0 Å².